The molecule has 1 aliphatic rings. The SMILES string of the molecule is CCNCC1=Cc2cc(Cl)cc(Cl)c2OC1.Cl. The number of benzene rings is 1. The summed E-state index contributed by atoms with van der Waals surface area (Å²) in [5.74, 6) is 0.728. The van der Waals surface area contributed by atoms with E-state index in [4.69, 9.17) is 27.9 Å². The van der Waals surface area contributed by atoms with E-state index in [2.05, 4.69) is 18.3 Å². The fraction of sp³-hybridized carbons (Fsp3) is 0.333. The highest BCUT2D eigenvalue weighted by atomic mass is 35.5. The van der Waals surface area contributed by atoms with Crippen molar-refractivity contribution in [1.29, 1.82) is 0 Å². The predicted octanol–water partition coefficient (Wildman–Crippen LogP) is 3.80. The zero-order valence-electron chi connectivity index (χ0n) is 9.43. The molecule has 0 unspecified atom stereocenters. The van der Waals surface area contributed by atoms with Crippen molar-refractivity contribution in [1.82, 2.24) is 5.32 Å². The van der Waals surface area contributed by atoms with Crippen LogP contribution in [0.4, 0.5) is 0 Å². The van der Waals surface area contributed by atoms with E-state index in [1.807, 2.05) is 6.07 Å². The van der Waals surface area contributed by atoms with Crippen LogP contribution in [0.5, 0.6) is 5.75 Å². The first-order chi connectivity index (χ1) is 7.70. The van der Waals surface area contributed by atoms with Crippen molar-refractivity contribution < 1.29 is 4.74 Å². The average molecular weight is 295 g/mol. The third-order valence-electron chi connectivity index (χ3n) is 2.40. The summed E-state index contributed by atoms with van der Waals surface area (Å²) in [4.78, 5) is 0. The fourth-order valence-electron chi connectivity index (χ4n) is 1.65. The average Bonchev–Trinajstić information content (AvgIpc) is 2.25. The lowest BCUT2D eigenvalue weighted by atomic mass is 10.1. The number of nitrogens with one attached hydrogen (secondary N) is 1. The van der Waals surface area contributed by atoms with Crippen molar-refractivity contribution >= 4 is 41.7 Å². The molecule has 94 valence electrons. The molecule has 1 aliphatic heterocycles. The summed E-state index contributed by atoms with van der Waals surface area (Å²) in [6, 6.07) is 3.57. The summed E-state index contributed by atoms with van der Waals surface area (Å²) >= 11 is 12.0. The van der Waals surface area contributed by atoms with Crippen LogP contribution in [-0.4, -0.2) is 19.7 Å². The fourth-order valence-corrected chi connectivity index (χ4v) is 2.22. The first-order valence-electron chi connectivity index (χ1n) is 5.22. The minimum absolute atomic E-state index is 0. The molecule has 2 rings (SSSR count). The summed E-state index contributed by atoms with van der Waals surface area (Å²) in [5.41, 5.74) is 2.16. The van der Waals surface area contributed by atoms with Gasteiger partial charge in [0.2, 0.25) is 0 Å². The van der Waals surface area contributed by atoms with E-state index in [9.17, 15) is 0 Å². The number of hydrogen-bond donors (Lipinski definition) is 1. The Hall–Kier alpha value is -0.410. The lowest BCUT2D eigenvalue weighted by molar-refractivity contribution is 0.343. The van der Waals surface area contributed by atoms with Crippen molar-refractivity contribution in [2.45, 2.75) is 6.92 Å². The molecule has 17 heavy (non-hydrogen) atoms. The molecule has 0 spiro atoms. The normalized spacial score (nSPS) is 13.2. The highest BCUT2D eigenvalue weighted by Gasteiger charge is 2.15. The van der Waals surface area contributed by atoms with Gasteiger partial charge in [-0.15, -0.1) is 12.4 Å². The van der Waals surface area contributed by atoms with Gasteiger partial charge in [0.25, 0.3) is 0 Å². The second-order valence-corrected chi connectivity index (χ2v) is 4.52. The molecule has 0 amide bonds. The quantitative estimate of drug-likeness (QED) is 0.915. The second kappa shape index (κ2) is 6.50. The largest absolute Gasteiger partial charge is 0.487 e. The van der Waals surface area contributed by atoms with Gasteiger partial charge in [0.1, 0.15) is 12.4 Å². The number of fused-ring (bicyclic) bond motifs is 1. The summed E-state index contributed by atoms with van der Waals surface area (Å²) in [7, 11) is 0. The standard InChI is InChI=1S/C12H13Cl2NO.ClH/c1-2-15-6-8-3-9-4-10(13)5-11(14)12(9)16-7-8;/h3-5,15H,2,6-7H2,1H3;1H. The molecule has 0 radical (unpaired) electrons. The molecule has 1 aromatic rings. The van der Waals surface area contributed by atoms with Crippen LogP contribution in [0.3, 0.4) is 0 Å². The van der Waals surface area contributed by atoms with Crippen molar-refractivity contribution in [3.05, 3.63) is 33.3 Å². The molecule has 0 bridgehead atoms. The van der Waals surface area contributed by atoms with Crippen LogP contribution in [0, 0.1) is 0 Å². The maximum absolute atomic E-state index is 6.05. The number of likely N-dealkylation sites (N-methyl/N-ethyl adjacent to an activating group) is 1. The number of rotatable bonds is 3. The van der Waals surface area contributed by atoms with Gasteiger partial charge in [-0.1, -0.05) is 30.1 Å². The second-order valence-electron chi connectivity index (χ2n) is 3.68. The summed E-state index contributed by atoms with van der Waals surface area (Å²) in [6.07, 6.45) is 2.08. The van der Waals surface area contributed by atoms with Gasteiger partial charge >= 0.3 is 0 Å². The Morgan fingerprint density at radius 2 is 2.12 bits per heavy atom. The van der Waals surface area contributed by atoms with Crippen LogP contribution in [0.25, 0.3) is 6.08 Å². The molecular formula is C12H14Cl3NO. The maximum atomic E-state index is 6.05. The first-order valence-corrected chi connectivity index (χ1v) is 5.98. The van der Waals surface area contributed by atoms with Gasteiger partial charge in [-0.25, -0.2) is 0 Å². The number of halogens is 3. The van der Waals surface area contributed by atoms with Gasteiger partial charge < -0.3 is 10.1 Å². The van der Waals surface area contributed by atoms with Crippen molar-refractivity contribution in [2.75, 3.05) is 19.7 Å². The van der Waals surface area contributed by atoms with E-state index in [1.54, 1.807) is 6.07 Å². The third kappa shape index (κ3) is 3.52. The monoisotopic (exact) mass is 293 g/mol. The molecule has 1 N–H and O–H groups in total. The van der Waals surface area contributed by atoms with E-state index in [-0.39, 0.29) is 12.4 Å². The topological polar surface area (TPSA) is 21.3 Å². The molecule has 2 nitrogen and oxygen atoms in total. The van der Waals surface area contributed by atoms with Gasteiger partial charge in [-0.3, -0.25) is 0 Å². The minimum atomic E-state index is 0. The van der Waals surface area contributed by atoms with E-state index in [0.717, 1.165) is 24.4 Å². The molecule has 0 aromatic heterocycles. The van der Waals surface area contributed by atoms with Crippen LogP contribution in [0.15, 0.2) is 17.7 Å². The Balaban J connectivity index is 0.00000144. The molecule has 0 saturated heterocycles. The summed E-state index contributed by atoms with van der Waals surface area (Å²) < 4.78 is 5.62. The Morgan fingerprint density at radius 3 is 2.82 bits per heavy atom. The summed E-state index contributed by atoms with van der Waals surface area (Å²) in [5, 5.41) is 4.47. The van der Waals surface area contributed by atoms with Crippen molar-refractivity contribution in [3.8, 4) is 5.75 Å². The number of ether oxygens (including phenoxy) is 1. The van der Waals surface area contributed by atoms with Crippen LogP contribution in [0.1, 0.15) is 12.5 Å². The molecule has 0 aliphatic carbocycles. The Labute approximate surface area is 117 Å². The van der Waals surface area contributed by atoms with E-state index in [0.29, 0.717) is 16.7 Å². The van der Waals surface area contributed by atoms with Crippen molar-refractivity contribution in [3.63, 3.8) is 0 Å². The zero-order valence-corrected chi connectivity index (χ0v) is 11.8. The van der Waals surface area contributed by atoms with Gasteiger partial charge in [0.05, 0.1) is 5.02 Å². The molecule has 0 atom stereocenters. The smallest absolute Gasteiger partial charge is 0.145 e. The van der Waals surface area contributed by atoms with E-state index in [1.165, 1.54) is 5.57 Å². The maximum Gasteiger partial charge on any atom is 0.145 e. The molecular weight excluding hydrogens is 280 g/mol. The third-order valence-corrected chi connectivity index (χ3v) is 2.90. The Bertz CT molecular complexity index is 432. The lowest BCUT2D eigenvalue weighted by Gasteiger charge is -2.19. The van der Waals surface area contributed by atoms with Crippen LogP contribution >= 0.6 is 35.6 Å². The Morgan fingerprint density at radius 1 is 1.35 bits per heavy atom. The molecule has 0 saturated carbocycles. The predicted molar refractivity (Wildman–Crippen MR) is 75.7 cm³/mol. The number of hydrogen-bond acceptors (Lipinski definition) is 2. The minimum Gasteiger partial charge on any atom is -0.487 e. The highest BCUT2D eigenvalue weighted by Crippen LogP contribution is 2.36. The molecule has 5 heteroatoms. The highest BCUT2D eigenvalue weighted by molar-refractivity contribution is 6.36. The Kier molecular flexibility index (Phi) is 5.60. The van der Waals surface area contributed by atoms with E-state index >= 15 is 0 Å². The zero-order chi connectivity index (χ0) is 11.5. The van der Waals surface area contributed by atoms with Crippen molar-refractivity contribution in [2.24, 2.45) is 0 Å². The van der Waals surface area contributed by atoms with Crippen LogP contribution in [-0.2, 0) is 0 Å². The van der Waals surface area contributed by atoms with Gasteiger partial charge in [0.15, 0.2) is 0 Å². The van der Waals surface area contributed by atoms with Crippen LogP contribution < -0.4 is 10.1 Å². The van der Waals surface area contributed by atoms with E-state index < -0.39 is 0 Å². The van der Waals surface area contributed by atoms with Gasteiger partial charge in [-0.05, 0) is 30.3 Å². The molecule has 0 fully saturated rings. The molecule has 1 aromatic carbocycles. The molecule has 1 heterocycles. The first kappa shape index (κ1) is 14.7. The lowest BCUT2D eigenvalue weighted by Crippen LogP contribution is -2.21. The van der Waals surface area contributed by atoms with Gasteiger partial charge in [-0.2, -0.15) is 0 Å². The van der Waals surface area contributed by atoms with Crippen LogP contribution in [0.2, 0.25) is 10.0 Å². The van der Waals surface area contributed by atoms with Gasteiger partial charge in [0, 0.05) is 17.1 Å². The summed E-state index contributed by atoms with van der Waals surface area (Å²) in [6.45, 7) is 4.44.